The van der Waals surface area contributed by atoms with Crippen LogP contribution in [0.15, 0.2) is 111 Å². The van der Waals surface area contributed by atoms with E-state index in [0.29, 0.717) is 16.4 Å². The third kappa shape index (κ3) is 8.33. The van der Waals surface area contributed by atoms with Crippen molar-refractivity contribution >= 4 is 76.8 Å². The van der Waals surface area contributed by atoms with Gasteiger partial charge in [-0.1, -0.05) is 123 Å². The van der Waals surface area contributed by atoms with Gasteiger partial charge < -0.3 is 9.32 Å². The standard InChI is InChI=1S/C43H39Cl2NO2S/c1-3-5-23-46(24-6-4-2)34-19-15-31(16-20-34)12-11-29-7-9-30(10-8-29)13-14-32-17-21-35(42(49)25-32)43-36-26-33(44)18-22-40(36)48-41-28-39(47)38(45)27-37(41)43/h7-22,25-28,49H,3-6,23-24H2,1-2H3/b12-11+,14-13+. The molecule has 0 saturated carbocycles. The molecule has 49 heavy (non-hydrogen) atoms. The highest BCUT2D eigenvalue weighted by Crippen LogP contribution is 2.43. The van der Waals surface area contributed by atoms with Crippen molar-refractivity contribution in [2.24, 2.45) is 0 Å². The van der Waals surface area contributed by atoms with Crippen molar-refractivity contribution < 1.29 is 4.42 Å². The fourth-order valence-corrected chi connectivity index (χ4v) is 6.66. The van der Waals surface area contributed by atoms with Crippen molar-refractivity contribution in [2.75, 3.05) is 18.0 Å². The molecule has 3 nitrogen and oxygen atoms in total. The number of nitrogens with zero attached hydrogens (tertiary/aromatic N) is 1. The average molecular weight is 705 g/mol. The van der Waals surface area contributed by atoms with Crippen LogP contribution in [0.25, 0.3) is 57.7 Å². The number of benzene rings is 5. The molecule has 1 aliphatic heterocycles. The Balaban J connectivity index is 1.18. The smallest absolute Gasteiger partial charge is 0.200 e. The van der Waals surface area contributed by atoms with E-state index in [4.69, 9.17) is 40.2 Å². The van der Waals surface area contributed by atoms with Crippen molar-refractivity contribution in [3.63, 3.8) is 0 Å². The number of rotatable bonds is 12. The van der Waals surface area contributed by atoms with Crippen LogP contribution >= 0.6 is 35.8 Å². The molecular formula is C43H39Cl2NO2S. The molecule has 248 valence electrons. The summed E-state index contributed by atoms with van der Waals surface area (Å²) in [4.78, 5) is 15.6. The number of thiol groups is 1. The van der Waals surface area contributed by atoms with Crippen LogP contribution in [0.4, 0.5) is 5.69 Å². The highest BCUT2D eigenvalue weighted by atomic mass is 35.5. The van der Waals surface area contributed by atoms with Crippen LogP contribution in [0, 0.1) is 0 Å². The number of fused-ring (bicyclic) bond motifs is 2. The number of hydrogen-bond donors (Lipinski definition) is 1. The molecule has 0 aromatic heterocycles. The molecule has 6 heteroatoms. The maximum Gasteiger partial charge on any atom is 0.200 e. The van der Waals surface area contributed by atoms with Crippen molar-refractivity contribution in [3.8, 4) is 22.5 Å². The van der Waals surface area contributed by atoms with Gasteiger partial charge in [0.15, 0.2) is 0 Å². The van der Waals surface area contributed by atoms with Crippen LogP contribution in [0.3, 0.4) is 0 Å². The van der Waals surface area contributed by atoms with Crippen molar-refractivity contribution in [3.05, 3.63) is 140 Å². The number of halogens is 2. The first-order chi connectivity index (χ1) is 23.8. The Bertz CT molecular complexity index is 2140. The molecule has 0 unspecified atom stereocenters. The maximum absolute atomic E-state index is 12.3. The number of unbranched alkanes of at least 4 members (excludes halogenated alkanes) is 2. The van der Waals surface area contributed by atoms with Crippen LogP contribution in [0.1, 0.15) is 61.8 Å². The molecule has 4 aromatic rings. The molecule has 0 bridgehead atoms. The van der Waals surface area contributed by atoms with E-state index in [1.54, 1.807) is 12.1 Å². The quantitative estimate of drug-likeness (QED) is 0.0782. The zero-order valence-electron chi connectivity index (χ0n) is 27.8. The summed E-state index contributed by atoms with van der Waals surface area (Å²) in [6.45, 7) is 6.73. The van der Waals surface area contributed by atoms with Gasteiger partial charge in [-0.3, -0.25) is 4.79 Å². The summed E-state index contributed by atoms with van der Waals surface area (Å²) in [5.74, 6) is 0.457. The highest BCUT2D eigenvalue weighted by Gasteiger charge is 2.20. The summed E-state index contributed by atoms with van der Waals surface area (Å²) in [6, 6.07) is 32.1. The molecule has 6 rings (SSSR count). The molecule has 4 aromatic carbocycles. The van der Waals surface area contributed by atoms with E-state index in [2.05, 4.69) is 97.6 Å². The fraction of sp³-hybridized carbons (Fsp3) is 0.186. The second kappa shape index (κ2) is 16.0. The maximum atomic E-state index is 12.3. The Morgan fingerprint density at radius 2 is 1.24 bits per heavy atom. The monoisotopic (exact) mass is 703 g/mol. The number of hydrogen-bond acceptors (Lipinski definition) is 4. The summed E-state index contributed by atoms with van der Waals surface area (Å²) in [5, 5.41) is 1.53. The van der Waals surface area contributed by atoms with Gasteiger partial charge in [0.1, 0.15) is 11.3 Å². The zero-order valence-corrected chi connectivity index (χ0v) is 30.2. The van der Waals surface area contributed by atoms with Gasteiger partial charge in [0.05, 0.1) is 5.02 Å². The van der Waals surface area contributed by atoms with E-state index >= 15 is 0 Å². The van der Waals surface area contributed by atoms with Gasteiger partial charge in [-0.15, -0.1) is 12.6 Å². The fourth-order valence-electron chi connectivity index (χ4n) is 5.99. The van der Waals surface area contributed by atoms with Crippen LogP contribution in [0.2, 0.25) is 10.0 Å². The van der Waals surface area contributed by atoms with Gasteiger partial charge in [-0.2, -0.15) is 0 Å². The second-order valence-electron chi connectivity index (χ2n) is 12.3. The molecule has 1 aliphatic carbocycles. The van der Waals surface area contributed by atoms with Crippen LogP contribution in [0.5, 0.6) is 0 Å². The van der Waals surface area contributed by atoms with E-state index in [-0.39, 0.29) is 10.5 Å². The molecule has 0 radical (unpaired) electrons. The lowest BCUT2D eigenvalue weighted by Gasteiger charge is -2.24. The van der Waals surface area contributed by atoms with Gasteiger partial charge in [-0.25, -0.2) is 0 Å². The molecule has 2 aliphatic rings. The molecular weight excluding hydrogens is 665 g/mol. The Kier molecular flexibility index (Phi) is 11.3. The summed E-state index contributed by atoms with van der Waals surface area (Å²) < 4.78 is 6.07. The minimum atomic E-state index is -0.287. The molecule has 0 atom stereocenters. The van der Waals surface area contributed by atoms with Crippen LogP contribution in [-0.4, -0.2) is 13.1 Å². The summed E-state index contributed by atoms with van der Waals surface area (Å²) >= 11 is 17.6. The number of anilines is 1. The van der Waals surface area contributed by atoms with E-state index in [9.17, 15) is 4.79 Å². The van der Waals surface area contributed by atoms with E-state index in [1.165, 1.54) is 43.0 Å². The second-order valence-corrected chi connectivity index (χ2v) is 13.6. The lowest BCUT2D eigenvalue weighted by molar-refractivity contribution is 0.619. The third-order valence-corrected chi connectivity index (χ3v) is 9.62. The largest absolute Gasteiger partial charge is 0.456 e. The first-order valence-electron chi connectivity index (χ1n) is 16.8. The lowest BCUT2D eigenvalue weighted by Crippen LogP contribution is -2.25. The normalized spacial score (nSPS) is 11.8. The minimum absolute atomic E-state index is 0.133. The Morgan fingerprint density at radius 3 is 1.84 bits per heavy atom. The average Bonchev–Trinajstić information content (AvgIpc) is 3.11. The molecule has 0 N–H and O–H groups in total. The van der Waals surface area contributed by atoms with Crippen molar-refractivity contribution in [1.82, 2.24) is 0 Å². The minimum Gasteiger partial charge on any atom is -0.456 e. The van der Waals surface area contributed by atoms with E-state index in [1.807, 2.05) is 24.3 Å². The first kappa shape index (κ1) is 34.6. The van der Waals surface area contributed by atoms with Gasteiger partial charge in [0, 0.05) is 51.3 Å². The van der Waals surface area contributed by atoms with Gasteiger partial charge in [-0.05, 0) is 83.1 Å². The topological polar surface area (TPSA) is 33.5 Å². The van der Waals surface area contributed by atoms with Gasteiger partial charge in [0.25, 0.3) is 0 Å². The van der Waals surface area contributed by atoms with Crippen LogP contribution < -0.4 is 10.3 Å². The predicted octanol–water partition coefficient (Wildman–Crippen LogP) is 12.9. The summed E-state index contributed by atoms with van der Waals surface area (Å²) in [6.07, 6.45) is 13.4. The third-order valence-electron chi connectivity index (χ3n) is 8.72. The van der Waals surface area contributed by atoms with Gasteiger partial charge in [0.2, 0.25) is 5.43 Å². The van der Waals surface area contributed by atoms with E-state index in [0.717, 1.165) is 56.8 Å². The summed E-state index contributed by atoms with van der Waals surface area (Å²) in [7, 11) is 0. The molecule has 0 spiro atoms. The summed E-state index contributed by atoms with van der Waals surface area (Å²) in [5.41, 5.74) is 8.56. The highest BCUT2D eigenvalue weighted by molar-refractivity contribution is 7.80. The lowest BCUT2D eigenvalue weighted by atomic mass is 9.93. The molecule has 0 saturated heterocycles. The molecule has 0 fully saturated rings. The van der Waals surface area contributed by atoms with Crippen molar-refractivity contribution in [1.29, 1.82) is 0 Å². The Hall–Kier alpha value is -4.22. The van der Waals surface area contributed by atoms with Crippen LogP contribution in [-0.2, 0) is 0 Å². The molecule has 0 amide bonds. The Labute approximate surface area is 304 Å². The zero-order chi connectivity index (χ0) is 34.3. The Morgan fingerprint density at radius 1 is 0.673 bits per heavy atom. The van der Waals surface area contributed by atoms with Crippen molar-refractivity contribution in [2.45, 2.75) is 44.4 Å². The predicted molar refractivity (Wildman–Crippen MR) is 215 cm³/mol. The van der Waals surface area contributed by atoms with Gasteiger partial charge >= 0.3 is 0 Å². The first-order valence-corrected chi connectivity index (χ1v) is 18.0. The molecule has 1 heterocycles. The SMILES string of the molecule is CCCCN(CCCC)c1ccc(/C=C/c2ccc(/C=C/c3ccc(-c4c5cc(Cl)c(=O)cc-5oc5ccc(Cl)cc45)c(S)c3)cc2)cc1. The van der Waals surface area contributed by atoms with E-state index < -0.39 is 0 Å².